The van der Waals surface area contributed by atoms with Crippen LogP contribution in [-0.4, -0.2) is 13.0 Å². The summed E-state index contributed by atoms with van der Waals surface area (Å²) in [5.41, 5.74) is 0. The predicted octanol–water partition coefficient (Wildman–Crippen LogP) is 1.24. The van der Waals surface area contributed by atoms with Gasteiger partial charge in [0.1, 0.15) is 6.54 Å². The van der Waals surface area contributed by atoms with E-state index in [1.807, 2.05) is 0 Å². The first kappa shape index (κ1) is 14.1. The Balaban J connectivity index is 0.000000423. The SMILES string of the molecule is CCCCC[n+]1ccccc1.O=[SH](=O)O. The molecule has 0 spiro atoms. The van der Waals surface area contributed by atoms with E-state index in [4.69, 9.17) is 13.0 Å². The molecule has 0 amide bonds. The van der Waals surface area contributed by atoms with Crippen LogP contribution in [0.5, 0.6) is 0 Å². The molecular formula is C10H18NO3S+. The first-order chi connectivity index (χ1) is 7.16. The normalized spacial score (nSPS) is 9.53. The molecule has 86 valence electrons. The molecule has 0 aliphatic heterocycles. The van der Waals surface area contributed by atoms with Gasteiger partial charge in [-0.25, -0.2) is 13.0 Å². The molecule has 1 heterocycles. The minimum absolute atomic E-state index is 1.16. The van der Waals surface area contributed by atoms with Crippen LogP contribution in [0.4, 0.5) is 0 Å². The molecule has 15 heavy (non-hydrogen) atoms. The molecule has 1 N–H and O–H groups in total. The summed E-state index contributed by atoms with van der Waals surface area (Å²) >= 11 is 0. The van der Waals surface area contributed by atoms with Gasteiger partial charge >= 0.3 is 0 Å². The molecule has 0 saturated heterocycles. The maximum absolute atomic E-state index is 8.59. The lowest BCUT2D eigenvalue weighted by atomic mass is 10.2. The van der Waals surface area contributed by atoms with Crippen LogP contribution in [0.15, 0.2) is 30.6 Å². The van der Waals surface area contributed by atoms with Gasteiger partial charge in [-0.2, -0.15) is 0 Å². The van der Waals surface area contributed by atoms with E-state index in [2.05, 4.69) is 42.1 Å². The zero-order valence-electron chi connectivity index (χ0n) is 8.87. The number of hydrogen-bond donors (Lipinski definition) is 2. The molecule has 0 atom stereocenters. The van der Waals surface area contributed by atoms with Crippen LogP contribution in [0, 0.1) is 0 Å². The summed E-state index contributed by atoms with van der Waals surface area (Å²) in [4.78, 5) is 0. The summed E-state index contributed by atoms with van der Waals surface area (Å²) in [7, 11) is -3.12. The number of rotatable bonds is 4. The van der Waals surface area contributed by atoms with Crippen molar-refractivity contribution in [1.29, 1.82) is 0 Å². The fourth-order valence-corrected chi connectivity index (χ4v) is 1.13. The number of nitrogens with zero attached hydrogens (tertiary/aromatic N) is 1. The van der Waals surface area contributed by atoms with Gasteiger partial charge in [0.05, 0.1) is 0 Å². The van der Waals surface area contributed by atoms with E-state index in [1.165, 1.54) is 19.3 Å². The third-order valence-electron chi connectivity index (χ3n) is 1.80. The fraction of sp³-hybridized carbons (Fsp3) is 0.500. The summed E-state index contributed by atoms with van der Waals surface area (Å²) in [6.07, 6.45) is 8.17. The van der Waals surface area contributed by atoms with Crippen LogP contribution in [0.25, 0.3) is 0 Å². The van der Waals surface area contributed by atoms with Crippen molar-refractivity contribution < 1.29 is 17.5 Å². The van der Waals surface area contributed by atoms with Crippen molar-refractivity contribution in [2.75, 3.05) is 0 Å². The Kier molecular flexibility index (Phi) is 9.01. The number of unbranched alkanes of at least 4 members (excludes halogenated alkanes) is 2. The average molecular weight is 232 g/mol. The summed E-state index contributed by atoms with van der Waals surface area (Å²) in [5, 5.41) is 0. The first-order valence-corrected chi connectivity index (χ1v) is 6.07. The van der Waals surface area contributed by atoms with E-state index < -0.39 is 11.0 Å². The maximum Gasteiger partial charge on any atom is 0.254 e. The van der Waals surface area contributed by atoms with Gasteiger partial charge in [0, 0.05) is 18.6 Å². The Labute approximate surface area is 92.4 Å². The lowest BCUT2D eigenvalue weighted by Gasteiger charge is -1.93. The summed E-state index contributed by atoms with van der Waals surface area (Å²) in [6.45, 7) is 3.39. The molecule has 1 aromatic heterocycles. The second-order valence-corrected chi connectivity index (χ2v) is 3.53. The molecule has 0 aliphatic rings. The number of pyridine rings is 1. The topological polar surface area (TPSA) is 58.2 Å². The Morgan fingerprint density at radius 2 is 1.67 bits per heavy atom. The maximum atomic E-state index is 8.59. The van der Waals surface area contributed by atoms with Crippen LogP contribution in [0.2, 0.25) is 0 Å². The Bertz CT molecular complexity index is 304. The first-order valence-electron chi connectivity index (χ1n) is 4.94. The van der Waals surface area contributed by atoms with Crippen molar-refractivity contribution in [3.8, 4) is 0 Å². The third kappa shape index (κ3) is 11.0. The fourth-order valence-electron chi connectivity index (χ4n) is 1.13. The number of aromatic nitrogens is 1. The highest BCUT2D eigenvalue weighted by molar-refractivity contribution is 7.66. The predicted molar refractivity (Wildman–Crippen MR) is 59.1 cm³/mol. The van der Waals surface area contributed by atoms with Crippen molar-refractivity contribution in [2.24, 2.45) is 0 Å². The van der Waals surface area contributed by atoms with Crippen LogP contribution in [-0.2, 0) is 17.5 Å². The molecule has 1 aromatic rings. The second-order valence-electron chi connectivity index (χ2n) is 3.06. The lowest BCUT2D eigenvalue weighted by Crippen LogP contribution is -2.31. The third-order valence-corrected chi connectivity index (χ3v) is 1.80. The molecular weight excluding hydrogens is 214 g/mol. The molecule has 0 unspecified atom stereocenters. The van der Waals surface area contributed by atoms with Gasteiger partial charge in [-0.3, -0.25) is 4.55 Å². The second kappa shape index (κ2) is 9.61. The van der Waals surface area contributed by atoms with Crippen LogP contribution < -0.4 is 4.57 Å². The summed E-state index contributed by atoms with van der Waals surface area (Å²) in [5.74, 6) is 0. The summed E-state index contributed by atoms with van der Waals surface area (Å²) < 4.78 is 26.4. The van der Waals surface area contributed by atoms with E-state index >= 15 is 0 Å². The quantitative estimate of drug-likeness (QED) is 0.355. The van der Waals surface area contributed by atoms with Gasteiger partial charge in [0.25, 0.3) is 11.0 Å². The van der Waals surface area contributed by atoms with E-state index in [0.717, 1.165) is 6.54 Å². The molecule has 0 bridgehead atoms. The van der Waals surface area contributed by atoms with E-state index in [0.29, 0.717) is 0 Å². The average Bonchev–Trinajstić information content (AvgIpc) is 2.19. The van der Waals surface area contributed by atoms with Crippen LogP contribution in [0.1, 0.15) is 26.2 Å². The van der Waals surface area contributed by atoms with Gasteiger partial charge in [0.2, 0.25) is 0 Å². The van der Waals surface area contributed by atoms with Crippen molar-refractivity contribution >= 4 is 11.0 Å². The Morgan fingerprint density at radius 3 is 2.13 bits per heavy atom. The van der Waals surface area contributed by atoms with E-state index in [9.17, 15) is 0 Å². The molecule has 0 radical (unpaired) electrons. The standard InChI is InChI=1S/C10H16N.H2O3S/c1-2-3-5-8-11-9-6-4-7-10-11;1-4(2)3/h4,6-7,9-10H,2-3,5,8H2,1H3;4H,(H,1,2,3)/q+1;. The smallest absolute Gasteiger partial charge is 0.254 e. The zero-order chi connectivity index (χ0) is 11.5. The Morgan fingerprint density at radius 1 is 1.13 bits per heavy atom. The van der Waals surface area contributed by atoms with Crippen molar-refractivity contribution in [3.05, 3.63) is 30.6 Å². The zero-order valence-corrected chi connectivity index (χ0v) is 9.77. The molecule has 4 nitrogen and oxygen atoms in total. The van der Waals surface area contributed by atoms with Gasteiger partial charge in [-0.15, -0.1) is 0 Å². The van der Waals surface area contributed by atoms with Crippen LogP contribution >= 0.6 is 0 Å². The highest BCUT2D eigenvalue weighted by atomic mass is 32.2. The Hall–Kier alpha value is -0.940. The number of thiol groups is 1. The number of aryl methyl sites for hydroxylation is 1. The summed E-state index contributed by atoms with van der Waals surface area (Å²) in [6, 6.07) is 6.20. The molecule has 0 fully saturated rings. The highest BCUT2D eigenvalue weighted by Gasteiger charge is 1.94. The van der Waals surface area contributed by atoms with Gasteiger partial charge < -0.3 is 0 Å². The number of hydrogen-bond acceptors (Lipinski definition) is 2. The highest BCUT2D eigenvalue weighted by Crippen LogP contribution is 1.92. The minimum atomic E-state index is -3.12. The lowest BCUT2D eigenvalue weighted by molar-refractivity contribution is -0.697. The van der Waals surface area contributed by atoms with Crippen molar-refractivity contribution in [3.63, 3.8) is 0 Å². The minimum Gasteiger partial charge on any atom is -0.288 e. The molecule has 5 heteroatoms. The van der Waals surface area contributed by atoms with E-state index in [-0.39, 0.29) is 0 Å². The van der Waals surface area contributed by atoms with Crippen molar-refractivity contribution in [1.82, 2.24) is 0 Å². The van der Waals surface area contributed by atoms with Gasteiger partial charge in [-0.05, 0) is 6.42 Å². The largest absolute Gasteiger partial charge is 0.288 e. The van der Waals surface area contributed by atoms with Crippen LogP contribution in [0.3, 0.4) is 0 Å². The molecule has 1 rings (SSSR count). The molecule has 0 saturated carbocycles. The monoisotopic (exact) mass is 232 g/mol. The van der Waals surface area contributed by atoms with E-state index in [1.54, 1.807) is 0 Å². The molecule has 0 aliphatic carbocycles. The van der Waals surface area contributed by atoms with Gasteiger partial charge in [-0.1, -0.05) is 19.4 Å². The molecule has 0 aromatic carbocycles. The van der Waals surface area contributed by atoms with Gasteiger partial charge in [0.15, 0.2) is 12.4 Å². The van der Waals surface area contributed by atoms with Crippen molar-refractivity contribution in [2.45, 2.75) is 32.7 Å².